The van der Waals surface area contributed by atoms with E-state index in [2.05, 4.69) is 59.6 Å². The van der Waals surface area contributed by atoms with Gasteiger partial charge in [-0.2, -0.15) is 0 Å². The highest BCUT2D eigenvalue weighted by Crippen LogP contribution is 2.26. The fourth-order valence-electron chi connectivity index (χ4n) is 4.09. The van der Waals surface area contributed by atoms with E-state index in [9.17, 15) is 0 Å². The summed E-state index contributed by atoms with van der Waals surface area (Å²) in [6, 6.07) is 8.45. The van der Waals surface area contributed by atoms with E-state index >= 15 is 0 Å². The highest BCUT2D eigenvalue weighted by Gasteiger charge is 2.19. The first-order chi connectivity index (χ1) is 13.1. The predicted molar refractivity (Wildman–Crippen MR) is 114 cm³/mol. The summed E-state index contributed by atoms with van der Waals surface area (Å²) in [7, 11) is 4.35. The first-order valence-electron chi connectivity index (χ1n) is 10.7. The van der Waals surface area contributed by atoms with Gasteiger partial charge in [-0.1, -0.05) is 18.7 Å². The molecule has 0 amide bonds. The van der Waals surface area contributed by atoms with E-state index < -0.39 is 0 Å². The molecule has 0 unspecified atom stereocenters. The van der Waals surface area contributed by atoms with Crippen LogP contribution in [-0.4, -0.2) is 74.2 Å². The third-order valence-electron chi connectivity index (χ3n) is 5.95. The van der Waals surface area contributed by atoms with Gasteiger partial charge in [-0.05, 0) is 77.8 Å². The van der Waals surface area contributed by atoms with E-state index in [0.29, 0.717) is 6.10 Å². The predicted octanol–water partition coefficient (Wildman–Crippen LogP) is 3.94. The van der Waals surface area contributed by atoms with Crippen LogP contribution in [0.2, 0.25) is 0 Å². The van der Waals surface area contributed by atoms with Gasteiger partial charge < -0.3 is 19.4 Å². The van der Waals surface area contributed by atoms with Gasteiger partial charge in [-0.15, -0.1) is 0 Å². The molecule has 0 saturated carbocycles. The Morgan fingerprint density at radius 3 is 2.07 bits per heavy atom. The van der Waals surface area contributed by atoms with Gasteiger partial charge in [-0.3, -0.25) is 0 Å². The van der Waals surface area contributed by atoms with Gasteiger partial charge >= 0.3 is 0 Å². The second-order valence-electron chi connectivity index (χ2n) is 8.30. The number of rotatable bonds is 4. The molecule has 27 heavy (non-hydrogen) atoms. The number of hydrogen-bond donors (Lipinski definition) is 0. The minimum absolute atomic E-state index is 0.358. The molecule has 150 valence electrons. The van der Waals surface area contributed by atoms with Crippen molar-refractivity contribution in [2.45, 2.75) is 44.6 Å². The lowest BCUT2D eigenvalue weighted by Gasteiger charge is -2.29. The number of benzene rings is 1. The van der Waals surface area contributed by atoms with Crippen LogP contribution in [0.3, 0.4) is 0 Å². The molecule has 3 heterocycles. The lowest BCUT2D eigenvalue weighted by molar-refractivity contribution is 0.114. The summed E-state index contributed by atoms with van der Waals surface area (Å²) in [5, 5.41) is 0. The van der Waals surface area contributed by atoms with Gasteiger partial charge in [0.05, 0.1) is 0 Å². The molecule has 3 aliphatic heterocycles. The average Bonchev–Trinajstić information content (AvgIpc) is 3.38. The van der Waals surface area contributed by atoms with Gasteiger partial charge in [0.2, 0.25) is 0 Å². The van der Waals surface area contributed by atoms with E-state index in [-0.39, 0.29) is 0 Å². The SMILES string of the molecule is C=C(c1cccc(OC2CCN(C)CC2)c1)N1CCCC1.CN1CCCC1. The highest BCUT2D eigenvalue weighted by atomic mass is 16.5. The summed E-state index contributed by atoms with van der Waals surface area (Å²) >= 11 is 0. The van der Waals surface area contributed by atoms with Crippen molar-refractivity contribution in [1.82, 2.24) is 14.7 Å². The molecule has 4 rings (SSSR count). The van der Waals surface area contributed by atoms with Crippen molar-refractivity contribution in [1.29, 1.82) is 0 Å². The maximum atomic E-state index is 6.17. The van der Waals surface area contributed by atoms with E-state index in [1.165, 1.54) is 44.3 Å². The average molecular weight is 372 g/mol. The molecule has 4 nitrogen and oxygen atoms in total. The molecule has 0 aliphatic carbocycles. The van der Waals surface area contributed by atoms with Crippen LogP contribution in [0.5, 0.6) is 5.75 Å². The summed E-state index contributed by atoms with van der Waals surface area (Å²) in [4.78, 5) is 7.11. The molecule has 1 aromatic carbocycles. The molecule has 0 N–H and O–H groups in total. The molecule has 4 heteroatoms. The van der Waals surface area contributed by atoms with Crippen molar-refractivity contribution in [3.05, 3.63) is 36.4 Å². The lowest BCUT2D eigenvalue weighted by Crippen LogP contribution is -2.35. The summed E-state index contributed by atoms with van der Waals surface area (Å²) in [5.74, 6) is 0.988. The monoisotopic (exact) mass is 371 g/mol. The van der Waals surface area contributed by atoms with Crippen molar-refractivity contribution < 1.29 is 4.74 Å². The van der Waals surface area contributed by atoms with Gasteiger partial charge in [0, 0.05) is 37.4 Å². The van der Waals surface area contributed by atoms with Crippen molar-refractivity contribution >= 4 is 5.70 Å². The number of nitrogens with zero attached hydrogens (tertiary/aromatic N) is 3. The van der Waals surface area contributed by atoms with Crippen LogP contribution in [0.1, 0.15) is 44.1 Å². The Balaban J connectivity index is 0.000000299. The van der Waals surface area contributed by atoms with E-state index in [4.69, 9.17) is 4.74 Å². The number of ether oxygens (including phenoxy) is 1. The maximum absolute atomic E-state index is 6.17. The fourth-order valence-corrected chi connectivity index (χ4v) is 4.09. The van der Waals surface area contributed by atoms with Gasteiger partial charge in [-0.25, -0.2) is 0 Å². The minimum Gasteiger partial charge on any atom is -0.490 e. The smallest absolute Gasteiger partial charge is 0.120 e. The molecule has 0 aromatic heterocycles. The standard InChI is InChI=1S/C18H26N2O.C5H11N/c1-15(20-10-3-4-11-20)16-6-5-7-18(14-16)21-17-8-12-19(2)13-9-17;1-6-4-2-3-5-6/h5-7,14,17H,1,3-4,8-13H2,2H3;2-5H2,1H3. The molecule has 0 atom stereocenters. The normalized spacial score (nSPS) is 21.8. The second-order valence-corrected chi connectivity index (χ2v) is 8.30. The molecule has 0 bridgehead atoms. The highest BCUT2D eigenvalue weighted by molar-refractivity contribution is 5.63. The van der Waals surface area contributed by atoms with Crippen molar-refractivity contribution in [3.8, 4) is 5.75 Å². The van der Waals surface area contributed by atoms with Crippen LogP contribution in [0.15, 0.2) is 30.8 Å². The fraction of sp³-hybridized carbons (Fsp3) is 0.652. The van der Waals surface area contributed by atoms with Crippen LogP contribution in [-0.2, 0) is 0 Å². The molecule has 0 spiro atoms. The Morgan fingerprint density at radius 1 is 0.889 bits per heavy atom. The Labute approximate surface area is 165 Å². The molecule has 3 aliphatic rings. The molecule has 3 saturated heterocycles. The summed E-state index contributed by atoms with van der Waals surface area (Å²) in [6.45, 7) is 11.4. The molecular weight excluding hydrogens is 334 g/mol. The Kier molecular flexibility index (Phi) is 7.59. The third kappa shape index (κ3) is 6.25. The molecule has 3 fully saturated rings. The van der Waals surface area contributed by atoms with Crippen LogP contribution >= 0.6 is 0 Å². The number of hydrogen-bond acceptors (Lipinski definition) is 4. The molecule has 0 radical (unpaired) electrons. The van der Waals surface area contributed by atoms with E-state index in [1.807, 2.05) is 0 Å². The lowest BCUT2D eigenvalue weighted by atomic mass is 10.1. The van der Waals surface area contributed by atoms with Gasteiger partial charge in [0.15, 0.2) is 0 Å². The second kappa shape index (κ2) is 10.1. The molecule has 1 aromatic rings. The van der Waals surface area contributed by atoms with Crippen LogP contribution in [0, 0.1) is 0 Å². The number of likely N-dealkylation sites (tertiary alicyclic amines) is 3. The molecular formula is C23H37N3O. The van der Waals surface area contributed by atoms with E-state index in [1.54, 1.807) is 0 Å². The Hall–Kier alpha value is -1.52. The number of piperidine rings is 1. The maximum Gasteiger partial charge on any atom is 0.120 e. The van der Waals surface area contributed by atoms with Gasteiger partial charge in [0.1, 0.15) is 11.9 Å². The van der Waals surface area contributed by atoms with Crippen molar-refractivity contribution in [2.24, 2.45) is 0 Å². The van der Waals surface area contributed by atoms with Gasteiger partial charge in [0.25, 0.3) is 0 Å². The third-order valence-corrected chi connectivity index (χ3v) is 5.95. The quantitative estimate of drug-likeness (QED) is 0.798. The van der Waals surface area contributed by atoms with Crippen LogP contribution in [0.4, 0.5) is 0 Å². The summed E-state index contributed by atoms with van der Waals surface area (Å²) in [6.07, 6.45) is 7.99. The van der Waals surface area contributed by atoms with Crippen LogP contribution in [0.25, 0.3) is 5.70 Å². The largest absolute Gasteiger partial charge is 0.490 e. The zero-order chi connectivity index (χ0) is 19.1. The minimum atomic E-state index is 0.358. The summed E-state index contributed by atoms with van der Waals surface area (Å²) < 4.78 is 6.17. The summed E-state index contributed by atoms with van der Waals surface area (Å²) in [5.41, 5.74) is 2.34. The van der Waals surface area contributed by atoms with Crippen molar-refractivity contribution in [2.75, 3.05) is 53.4 Å². The topological polar surface area (TPSA) is 19.0 Å². The van der Waals surface area contributed by atoms with Crippen molar-refractivity contribution in [3.63, 3.8) is 0 Å². The first-order valence-corrected chi connectivity index (χ1v) is 10.7. The Morgan fingerprint density at radius 2 is 1.48 bits per heavy atom. The van der Waals surface area contributed by atoms with Crippen LogP contribution < -0.4 is 4.74 Å². The zero-order valence-electron chi connectivity index (χ0n) is 17.3. The Bertz CT molecular complexity index is 583. The first kappa shape index (κ1) is 20.2. The van der Waals surface area contributed by atoms with E-state index in [0.717, 1.165) is 50.5 Å². The zero-order valence-corrected chi connectivity index (χ0v) is 17.3.